The second kappa shape index (κ2) is 8.73. The van der Waals surface area contributed by atoms with Crippen molar-refractivity contribution in [1.82, 2.24) is 9.71 Å². The molecule has 2 aromatic rings. The molecule has 0 saturated heterocycles. The maximum Gasteiger partial charge on any atom is 0.126 e. The molecule has 0 bridgehead atoms. The summed E-state index contributed by atoms with van der Waals surface area (Å²) in [5.74, 6) is 0.169. The highest BCUT2D eigenvalue weighted by atomic mass is 35.5. The fraction of sp³-hybridized carbons (Fsp3) is 0.312. The van der Waals surface area contributed by atoms with Gasteiger partial charge in [0.05, 0.1) is 15.7 Å². The molecule has 23 heavy (non-hydrogen) atoms. The van der Waals surface area contributed by atoms with Gasteiger partial charge in [-0.1, -0.05) is 30.1 Å². The smallest absolute Gasteiger partial charge is 0.126 e. The lowest BCUT2D eigenvalue weighted by Gasteiger charge is -2.15. The Balaban J connectivity index is 1.77. The number of nitrogens with one attached hydrogen (secondary N) is 2. The Bertz CT molecular complexity index is 650. The normalized spacial score (nSPS) is 12.2. The molecule has 7 heteroatoms. The van der Waals surface area contributed by atoms with Crippen LogP contribution in [0, 0.1) is 18.7 Å². The third-order valence-corrected chi connectivity index (χ3v) is 4.61. The van der Waals surface area contributed by atoms with Gasteiger partial charge in [0.25, 0.3) is 0 Å². The van der Waals surface area contributed by atoms with Gasteiger partial charge in [0.2, 0.25) is 0 Å². The van der Waals surface area contributed by atoms with E-state index in [9.17, 15) is 4.39 Å². The molecule has 1 aromatic carbocycles. The standard InChI is InChI=1S/C16H18Cl2FN3S/c1-10(6-21-16-13(17)8-20-9-14(16)18)7-22-23-12-3-4-15(19)11(2)5-12/h3-5,8-10,22H,6-7H2,1-2H3,(H,20,21). The summed E-state index contributed by atoms with van der Waals surface area (Å²) in [6.45, 7) is 5.38. The van der Waals surface area contributed by atoms with Crippen molar-refractivity contribution in [3.05, 3.63) is 52.0 Å². The largest absolute Gasteiger partial charge is 0.382 e. The van der Waals surface area contributed by atoms with Crippen LogP contribution in [0.25, 0.3) is 0 Å². The lowest BCUT2D eigenvalue weighted by molar-refractivity contribution is 0.607. The number of hydrogen-bond acceptors (Lipinski definition) is 4. The molecule has 0 saturated carbocycles. The summed E-state index contributed by atoms with van der Waals surface area (Å²) in [6, 6.07) is 5.07. The molecule has 0 spiro atoms. The number of anilines is 1. The number of aromatic nitrogens is 1. The number of rotatable bonds is 7. The van der Waals surface area contributed by atoms with E-state index in [4.69, 9.17) is 23.2 Å². The van der Waals surface area contributed by atoms with Crippen LogP contribution in [0.15, 0.2) is 35.5 Å². The summed E-state index contributed by atoms with van der Waals surface area (Å²) in [5, 5.41) is 4.26. The minimum absolute atomic E-state index is 0.182. The van der Waals surface area contributed by atoms with Gasteiger partial charge in [-0.2, -0.15) is 0 Å². The number of nitrogens with zero attached hydrogens (tertiary/aromatic N) is 1. The molecular weight excluding hydrogens is 356 g/mol. The van der Waals surface area contributed by atoms with E-state index in [-0.39, 0.29) is 5.82 Å². The van der Waals surface area contributed by atoms with E-state index >= 15 is 0 Å². The van der Waals surface area contributed by atoms with Crippen molar-refractivity contribution in [2.24, 2.45) is 5.92 Å². The van der Waals surface area contributed by atoms with Gasteiger partial charge in [-0.25, -0.2) is 4.39 Å². The summed E-state index contributed by atoms with van der Waals surface area (Å²) in [5.41, 5.74) is 1.35. The van der Waals surface area contributed by atoms with Crippen molar-refractivity contribution in [3.63, 3.8) is 0 Å². The maximum atomic E-state index is 13.2. The van der Waals surface area contributed by atoms with Crippen LogP contribution in [0.4, 0.5) is 10.1 Å². The topological polar surface area (TPSA) is 37.0 Å². The van der Waals surface area contributed by atoms with Gasteiger partial charge < -0.3 is 5.32 Å². The lowest BCUT2D eigenvalue weighted by atomic mass is 10.2. The number of halogens is 3. The van der Waals surface area contributed by atoms with Crippen LogP contribution in [0.1, 0.15) is 12.5 Å². The number of aryl methyl sites for hydroxylation is 1. The minimum Gasteiger partial charge on any atom is -0.382 e. The van der Waals surface area contributed by atoms with Crippen LogP contribution in [-0.2, 0) is 0 Å². The van der Waals surface area contributed by atoms with Gasteiger partial charge in [0.1, 0.15) is 5.82 Å². The molecule has 1 unspecified atom stereocenters. The first-order valence-corrected chi connectivity index (χ1v) is 8.73. The number of benzene rings is 1. The van der Waals surface area contributed by atoms with Gasteiger partial charge in [-0.3, -0.25) is 9.71 Å². The summed E-state index contributed by atoms with van der Waals surface area (Å²) >= 11 is 13.6. The number of pyridine rings is 1. The van der Waals surface area contributed by atoms with Crippen LogP contribution < -0.4 is 10.0 Å². The number of hydrogen-bond donors (Lipinski definition) is 2. The monoisotopic (exact) mass is 373 g/mol. The first kappa shape index (κ1) is 18.3. The van der Waals surface area contributed by atoms with E-state index in [1.807, 2.05) is 6.07 Å². The summed E-state index contributed by atoms with van der Waals surface area (Å²) in [4.78, 5) is 4.91. The zero-order valence-electron chi connectivity index (χ0n) is 12.9. The first-order chi connectivity index (χ1) is 11.0. The fourth-order valence-electron chi connectivity index (χ4n) is 1.88. The minimum atomic E-state index is -0.182. The third kappa shape index (κ3) is 5.53. The van der Waals surface area contributed by atoms with Crippen LogP contribution in [0.2, 0.25) is 10.0 Å². The fourth-order valence-corrected chi connectivity index (χ4v) is 3.28. The molecule has 2 rings (SSSR count). The van der Waals surface area contributed by atoms with Crippen molar-refractivity contribution < 1.29 is 4.39 Å². The van der Waals surface area contributed by atoms with E-state index in [1.165, 1.54) is 18.0 Å². The van der Waals surface area contributed by atoms with Gasteiger partial charge in [-0.15, -0.1) is 0 Å². The molecule has 2 N–H and O–H groups in total. The molecule has 0 aliphatic carbocycles. The van der Waals surface area contributed by atoms with Crippen molar-refractivity contribution in [2.75, 3.05) is 18.4 Å². The Morgan fingerprint density at radius 1 is 1.22 bits per heavy atom. The highest BCUT2D eigenvalue weighted by Crippen LogP contribution is 2.28. The Kier molecular flexibility index (Phi) is 6.96. The average molecular weight is 374 g/mol. The molecule has 0 amide bonds. The highest BCUT2D eigenvalue weighted by molar-refractivity contribution is 7.97. The van der Waals surface area contributed by atoms with Crippen molar-refractivity contribution >= 4 is 40.8 Å². The zero-order chi connectivity index (χ0) is 16.8. The van der Waals surface area contributed by atoms with Gasteiger partial charge in [0.15, 0.2) is 0 Å². The molecule has 0 aliphatic rings. The molecule has 0 radical (unpaired) electrons. The molecule has 1 heterocycles. The predicted octanol–water partition coefficient (Wildman–Crippen LogP) is 5.18. The van der Waals surface area contributed by atoms with Gasteiger partial charge >= 0.3 is 0 Å². The Labute approximate surface area is 150 Å². The highest BCUT2D eigenvalue weighted by Gasteiger charge is 2.08. The van der Waals surface area contributed by atoms with Gasteiger partial charge in [-0.05, 0) is 48.6 Å². The summed E-state index contributed by atoms with van der Waals surface area (Å²) in [7, 11) is 0. The zero-order valence-corrected chi connectivity index (χ0v) is 15.2. The van der Waals surface area contributed by atoms with Crippen LogP contribution >= 0.6 is 35.1 Å². The molecule has 3 nitrogen and oxygen atoms in total. The maximum absolute atomic E-state index is 13.2. The van der Waals surface area contributed by atoms with Crippen molar-refractivity contribution in [2.45, 2.75) is 18.7 Å². The van der Waals surface area contributed by atoms with Crippen LogP contribution in [0.3, 0.4) is 0 Å². The summed E-state index contributed by atoms with van der Waals surface area (Å²) in [6.07, 6.45) is 3.12. The SMILES string of the molecule is Cc1cc(SNCC(C)CNc2c(Cl)cncc2Cl)ccc1F. The second-order valence-corrected chi connectivity index (χ2v) is 7.10. The van der Waals surface area contributed by atoms with Crippen molar-refractivity contribution in [3.8, 4) is 0 Å². The Hall–Kier alpha value is -1.01. The van der Waals surface area contributed by atoms with Crippen molar-refractivity contribution in [1.29, 1.82) is 0 Å². The second-order valence-electron chi connectivity index (χ2n) is 5.33. The average Bonchev–Trinajstić information content (AvgIpc) is 2.50. The Morgan fingerprint density at radius 2 is 1.91 bits per heavy atom. The quantitative estimate of drug-likeness (QED) is 0.655. The van der Waals surface area contributed by atoms with Crippen LogP contribution in [0.5, 0.6) is 0 Å². The lowest BCUT2D eigenvalue weighted by Crippen LogP contribution is -2.22. The molecule has 124 valence electrons. The third-order valence-electron chi connectivity index (χ3n) is 3.23. The predicted molar refractivity (Wildman–Crippen MR) is 96.9 cm³/mol. The van der Waals surface area contributed by atoms with E-state index in [2.05, 4.69) is 21.9 Å². The molecule has 0 fully saturated rings. The molecule has 1 atom stereocenters. The van der Waals surface area contributed by atoms with E-state index < -0.39 is 0 Å². The molecule has 0 aliphatic heterocycles. The van der Waals surface area contributed by atoms with Crippen LogP contribution in [-0.4, -0.2) is 18.1 Å². The molecule has 1 aromatic heterocycles. The first-order valence-electron chi connectivity index (χ1n) is 7.16. The summed E-state index contributed by atoms with van der Waals surface area (Å²) < 4.78 is 16.5. The van der Waals surface area contributed by atoms with E-state index in [1.54, 1.807) is 25.4 Å². The molecular formula is C16H18Cl2FN3S. The van der Waals surface area contributed by atoms with E-state index in [0.717, 1.165) is 18.0 Å². The Morgan fingerprint density at radius 3 is 2.57 bits per heavy atom. The van der Waals surface area contributed by atoms with Gasteiger partial charge in [0, 0.05) is 30.4 Å². The van der Waals surface area contributed by atoms with E-state index in [0.29, 0.717) is 27.2 Å².